The van der Waals surface area contributed by atoms with Crippen molar-refractivity contribution in [2.24, 2.45) is 28.6 Å². The first-order valence-electron chi connectivity index (χ1n) is 11.1. The van der Waals surface area contributed by atoms with Crippen molar-refractivity contribution in [3.63, 3.8) is 0 Å². The third-order valence-electron chi connectivity index (χ3n) is 9.29. The van der Waals surface area contributed by atoms with Crippen LogP contribution in [0.3, 0.4) is 0 Å². The van der Waals surface area contributed by atoms with Crippen molar-refractivity contribution in [2.75, 3.05) is 0 Å². The number of Topliss-reactive ketones (excluding diaryl/α,β-unsaturated/α-hetero) is 1. The van der Waals surface area contributed by atoms with Gasteiger partial charge in [-0.2, -0.15) is 0 Å². The molecule has 29 heavy (non-hydrogen) atoms. The average molecular weight is 403 g/mol. The first-order chi connectivity index (χ1) is 13.4. The van der Waals surface area contributed by atoms with Crippen LogP contribution in [0.1, 0.15) is 79.6 Å². The highest BCUT2D eigenvalue weighted by atomic mass is 16.6. The molecule has 0 saturated heterocycles. The largest absolute Gasteiger partial charge is 0.451 e. The van der Waals surface area contributed by atoms with Crippen LogP contribution in [0.15, 0.2) is 11.6 Å². The molecule has 5 heteroatoms. The van der Waals surface area contributed by atoms with E-state index in [4.69, 9.17) is 4.74 Å². The van der Waals surface area contributed by atoms with Gasteiger partial charge in [-0.25, -0.2) is 0 Å². The Morgan fingerprint density at radius 3 is 2.34 bits per heavy atom. The molecule has 0 amide bonds. The standard InChI is InChI=1S/C24H34O5/c1-14(25)24(29-15(2)26)11-8-19-17-13-23(5,28)20-12-16(27)6-9-21(20,3)18(17)7-10-22(19,24)4/h12,17-19,28H,6-11,13H2,1-5H3. The number of carbonyl (C=O) groups excluding carboxylic acids is 3. The van der Waals surface area contributed by atoms with E-state index in [-0.39, 0.29) is 28.8 Å². The van der Waals surface area contributed by atoms with Crippen LogP contribution in [0.2, 0.25) is 0 Å². The smallest absolute Gasteiger partial charge is 0.303 e. The predicted octanol–water partition coefficient (Wildman–Crippen LogP) is 3.77. The van der Waals surface area contributed by atoms with Gasteiger partial charge in [0.2, 0.25) is 0 Å². The van der Waals surface area contributed by atoms with E-state index in [1.54, 1.807) is 13.0 Å². The molecule has 0 heterocycles. The summed E-state index contributed by atoms with van der Waals surface area (Å²) >= 11 is 0. The van der Waals surface area contributed by atoms with Crippen molar-refractivity contribution >= 4 is 17.5 Å². The van der Waals surface area contributed by atoms with Crippen molar-refractivity contribution < 1.29 is 24.2 Å². The lowest BCUT2D eigenvalue weighted by Crippen LogP contribution is -2.61. The second kappa shape index (κ2) is 6.26. The fourth-order valence-corrected chi connectivity index (χ4v) is 8.06. The highest BCUT2D eigenvalue weighted by Gasteiger charge is 2.69. The molecule has 0 aromatic rings. The molecule has 0 aromatic heterocycles. The van der Waals surface area contributed by atoms with Gasteiger partial charge in [-0.1, -0.05) is 13.8 Å². The van der Waals surface area contributed by atoms with Gasteiger partial charge in [0.25, 0.3) is 0 Å². The maximum Gasteiger partial charge on any atom is 0.303 e. The monoisotopic (exact) mass is 402 g/mol. The minimum absolute atomic E-state index is 0.0613. The lowest BCUT2D eigenvalue weighted by atomic mass is 9.44. The van der Waals surface area contributed by atoms with Gasteiger partial charge in [0.15, 0.2) is 17.2 Å². The van der Waals surface area contributed by atoms with Crippen molar-refractivity contribution in [2.45, 2.75) is 90.8 Å². The molecule has 7 atom stereocenters. The molecule has 4 aliphatic rings. The lowest BCUT2D eigenvalue weighted by molar-refractivity contribution is -0.190. The Morgan fingerprint density at radius 2 is 1.72 bits per heavy atom. The summed E-state index contributed by atoms with van der Waals surface area (Å²) < 4.78 is 5.80. The second-order valence-corrected chi connectivity index (χ2v) is 10.8. The first kappa shape index (κ1) is 20.8. The molecular formula is C24H34O5. The molecule has 3 fully saturated rings. The quantitative estimate of drug-likeness (QED) is 0.711. The molecule has 4 rings (SSSR count). The topological polar surface area (TPSA) is 80.7 Å². The Labute approximate surface area is 173 Å². The van der Waals surface area contributed by atoms with Gasteiger partial charge in [-0.05, 0) is 87.2 Å². The number of carbonyl (C=O) groups is 3. The zero-order valence-electron chi connectivity index (χ0n) is 18.3. The van der Waals surface area contributed by atoms with E-state index in [2.05, 4.69) is 13.8 Å². The summed E-state index contributed by atoms with van der Waals surface area (Å²) in [7, 11) is 0. The normalized spacial score (nSPS) is 48.8. The molecule has 3 saturated carbocycles. The number of rotatable bonds is 2. The SMILES string of the molecule is CC(=O)OC1(C(C)=O)CCC2C3CC(C)(O)C4=CC(=O)CCC4(C)C3CCC21C. The molecule has 0 aromatic carbocycles. The zero-order valence-corrected chi connectivity index (χ0v) is 18.3. The summed E-state index contributed by atoms with van der Waals surface area (Å²) in [5.74, 6) is 0.489. The van der Waals surface area contributed by atoms with Crippen LogP contribution in [0.4, 0.5) is 0 Å². The number of ketones is 2. The lowest BCUT2D eigenvalue weighted by Gasteiger charge is -2.62. The van der Waals surface area contributed by atoms with Gasteiger partial charge < -0.3 is 9.84 Å². The number of aliphatic hydroxyl groups is 1. The van der Waals surface area contributed by atoms with Crippen LogP contribution in [0.25, 0.3) is 0 Å². The average Bonchev–Trinajstić information content (AvgIpc) is 2.90. The number of hydrogen-bond acceptors (Lipinski definition) is 5. The highest BCUT2D eigenvalue weighted by molar-refractivity contribution is 5.92. The van der Waals surface area contributed by atoms with Gasteiger partial charge in [0.1, 0.15) is 0 Å². The zero-order chi connectivity index (χ0) is 21.4. The predicted molar refractivity (Wildman–Crippen MR) is 108 cm³/mol. The van der Waals surface area contributed by atoms with Crippen molar-refractivity contribution in [3.8, 4) is 0 Å². The van der Waals surface area contributed by atoms with E-state index < -0.39 is 22.6 Å². The summed E-state index contributed by atoms with van der Waals surface area (Å²) in [6.07, 6.45) is 6.76. The fraction of sp³-hybridized carbons (Fsp3) is 0.792. The third-order valence-corrected chi connectivity index (χ3v) is 9.29. The third kappa shape index (κ3) is 2.65. The number of ether oxygens (including phenoxy) is 1. The molecule has 0 aliphatic heterocycles. The van der Waals surface area contributed by atoms with E-state index >= 15 is 0 Å². The van der Waals surface area contributed by atoms with Crippen LogP contribution in [0, 0.1) is 28.6 Å². The summed E-state index contributed by atoms with van der Waals surface area (Å²) in [4.78, 5) is 36.9. The summed E-state index contributed by atoms with van der Waals surface area (Å²) in [5, 5.41) is 11.4. The molecule has 5 nitrogen and oxygen atoms in total. The molecule has 0 radical (unpaired) electrons. The van der Waals surface area contributed by atoms with E-state index in [1.165, 1.54) is 6.92 Å². The molecule has 1 N–H and O–H groups in total. The van der Waals surface area contributed by atoms with E-state index in [1.807, 2.05) is 6.92 Å². The first-order valence-corrected chi connectivity index (χ1v) is 11.1. The van der Waals surface area contributed by atoms with Gasteiger partial charge in [-0.3, -0.25) is 14.4 Å². The van der Waals surface area contributed by atoms with Gasteiger partial charge in [-0.15, -0.1) is 0 Å². The Hall–Kier alpha value is -1.49. The van der Waals surface area contributed by atoms with E-state index in [0.717, 1.165) is 31.3 Å². The number of esters is 1. The van der Waals surface area contributed by atoms with Crippen molar-refractivity contribution in [3.05, 3.63) is 11.6 Å². The number of hydrogen-bond donors (Lipinski definition) is 1. The van der Waals surface area contributed by atoms with Gasteiger partial charge in [0.05, 0.1) is 5.60 Å². The van der Waals surface area contributed by atoms with E-state index in [0.29, 0.717) is 25.2 Å². The van der Waals surface area contributed by atoms with Crippen LogP contribution < -0.4 is 0 Å². The van der Waals surface area contributed by atoms with Crippen LogP contribution in [-0.4, -0.2) is 33.8 Å². The second-order valence-electron chi connectivity index (χ2n) is 10.8. The van der Waals surface area contributed by atoms with Gasteiger partial charge in [0, 0.05) is 18.8 Å². The Morgan fingerprint density at radius 1 is 1.07 bits per heavy atom. The highest BCUT2D eigenvalue weighted by Crippen LogP contribution is 2.69. The Bertz CT molecular complexity index is 810. The number of fused-ring (bicyclic) bond motifs is 5. The maximum atomic E-state index is 12.8. The maximum absolute atomic E-state index is 12.8. The Balaban J connectivity index is 1.77. The Kier molecular flexibility index (Phi) is 4.48. The van der Waals surface area contributed by atoms with Crippen LogP contribution in [0.5, 0.6) is 0 Å². The van der Waals surface area contributed by atoms with Crippen LogP contribution >= 0.6 is 0 Å². The molecule has 160 valence electrons. The van der Waals surface area contributed by atoms with Gasteiger partial charge >= 0.3 is 5.97 Å². The molecule has 4 aliphatic carbocycles. The summed E-state index contributed by atoms with van der Waals surface area (Å²) in [6.45, 7) is 9.12. The molecule has 0 spiro atoms. The van der Waals surface area contributed by atoms with Crippen molar-refractivity contribution in [1.29, 1.82) is 0 Å². The molecule has 0 bridgehead atoms. The summed E-state index contributed by atoms with van der Waals surface area (Å²) in [6, 6.07) is 0. The molecule has 7 unspecified atom stereocenters. The van der Waals surface area contributed by atoms with Crippen molar-refractivity contribution in [1.82, 2.24) is 0 Å². The fourth-order valence-electron chi connectivity index (χ4n) is 8.06. The minimum atomic E-state index is -1.06. The summed E-state index contributed by atoms with van der Waals surface area (Å²) in [5.41, 5.74) is -1.77. The van der Waals surface area contributed by atoms with Crippen LogP contribution in [-0.2, 0) is 19.1 Å². The minimum Gasteiger partial charge on any atom is -0.451 e. The molecular weight excluding hydrogens is 368 g/mol. The van der Waals surface area contributed by atoms with E-state index in [9.17, 15) is 19.5 Å².